The highest BCUT2D eigenvalue weighted by molar-refractivity contribution is 6.32. The third-order valence-corrected chi connectivity index (χ3v) is 4.10. The maximum Gasteiger partial charge on any atom is 0.228 e. The van der Waals surface area contributed by atoms with Gasteiger partial charge < -0.3 is 24.8 Å². The zero-order valence-corrected chi connectivity index (χ0v) is 14.6. The number of hydrogen-bond acceptors (Lipinski definition) is 5. The van der Waals surface area contributed by atoms with E-state index >= 15 is 0 Å². The molecule has 0 aliphatic heterocycles. The predicted molar refractivity (Wildman–Crippen MR) is 89.7 cm³/mol. The van der Waals surface area contributed by atoms with Crippen molar-refractivity contribution in [3.63, 3.8) is 0 Å². The minimum atomic E-state index is -0.348. The molecule has 1 aliphatic rings. The van der Waals surface area contributed by atoms with E-state index in [0.717, 1.165) is 0 Å². The van der Waals surface area contributed by atoms with Crippen LogP contribution in [0, 0.1) is 11.8 Å². The molecule has 0 heterocycles. The summed E-state index contributed by atoms with van der Waals surface area (Å²) in [5, 5.41) is 5.89. The van der Waals surface area contributed by atoms with Gasteiger partial charge in [-0.15, -0.1) is 0 Å². The van der Waals surface area contributed by atoms with Crippen molar-refractivity contribution in [1.29, 1.82) is 0 Å². The number of carbonyl (C=O) groups is 2. The SMILES string of the molecule is COCCNC(=O)C1CC1C(=O)Nc1cc(OC)c(Cl)cc1OC. The van der Waals surface area contributed by atoms with E-state index in [2.05, 4.69) is 10.6 Å². The van der Waals surface area contributed by atoms with Gasteiger partial charge in [-0.1, -0.05) is 11.6 Å². The molecule has 1 aromatic carbocycles. The highest BCUT2D eigenvalue weighted by Gasteiger charge is 2.48. The summed E-state index contributed by atoms with van der Waals surface area (Å²) in [6, 6.07) is 3.16. The standard InChI is InChI=1S/C16H21ClN2O5/c1-22-5-4-18-15(20)9-6-10(9)16(21)19-12-8-13(23-2)11(17)7-14(12)24-3/h7-10H,4-6H2,1-3H3,(H,18,20)(H,19,21). The molecule has 0 radical (unpaired) electrons. The Kier molecular flexibility index (Phi) is 6.28. The molecular weight excluding hydrogens is 336 g/mol. The topological polar surface area (TPSA) is 85.9 Å². The smallest absolute Gasteiger partial charge is 0.228 e. The van der Waals surface area contributed by atoms with Crippen molar-refractivity contribution >= 4 is 29.1 Å². The molecule has 2 atom stereocenters. The van der Waals surface area contributed by atoms with Gasteiger partial charge in [0.05, 0.1) is 43.4 Å². The van der Waals surface area contributed by atoms with Gasteiger partial charge in [0.1, 0.15) is 11.5 Å². The molecular formula is C16H21ClN2O5. The fraction of sp³-hybridized carbons (Fsp3) is 0.500. The van der Waals surface area contributed by atoms with Crippen LogP contribution in [0.2, 0.25) is 5.02 Å². The van der Waals surface area contributed by atoms with E-state index in [0.29, 0.717) is 41.8 Å². The lowest BCUT2D eigenvalue weighted by Crippen LogP contribution is -2.30. The molecule has 2 unspecified atom stereocenters. The number of anilines is 1. The molecule has 2 N–H and O–H groups in total. The second kappa shape index (κ2) is 8.21. The van der Waals surface area contributed by atoms with Crippen LogP contribution in [0.3, 0.4) is 0 Å². The molecule has 0 bridgehead atoms. The summed E-state index contributed by atoms with van der Waals surface area (Å²) < 4.78 is 15.2. The lowest BCUT2D eigenvalue weighted by Gasteiger charge is -2.13. The van der Waals surface area contributed by atoms with Crippen molar-refractivity contribution < 1.29 is 23.8 Å². The van der Waals surface area contributed by atoms with Gasteiger partial charge in [0.15, 0.2) is 0 Å². The number of rotatable bonds is 8. The normalized spacial score (nSPS) is 18.7. The number of halogens is 1. The van der Waals surface area contributed by atoms with E-state index in [1.165, 1.54) is 14.2 Å². The summed E-state index contributed by atoms with van der Waals surface area (Å²) in [6.07, 6.45) is 0.525. The molecule has 24 heavy (non-hydrogen) atoms. The third kappa shape index (κ3) is 4.30. The maximum atomic E-state index is 12.3. The van der Waals surface area contributed by atoms with Crippen molar-refractivity contribution in [1.82, 2.24) is 5.32 Å². The molecule has 7 nitrogen and oxygen atoms in total. The Bertz CT molecular complexity index is 623. The summed E-state index contributed by atoms with van der Waals surface area (Å²) in [7, 11) is 4.53. The number of hydrogen-bond donors (Lipinski definition) is 2. The van der Waals surface area contributed by atoms with Gasteiger partial charge in [-0.25, -0.2) is 0 Å². The van der Waals surface area contributed by atoms with Gasteiger partial charge in [0.25, 0.3) is 0 Å². The van der Waals surface area contributed by atoms with Gasteiger partial charge in [0, 0.05) is 25.8 Å². The van der Waals surface area contributed by atoms with E-state index in [1.54, 1.807) is 19.2 Å². The van der Waals surface area contributed by atoms with Crippen molar-refractivity contribution in [3.8, 4) is 11.5 Å². The first-order valence-electron chi connectivity index (χ1n) is 7.50. The summed E-state index contributed by atoms with van der Waals surface area (Å²) >= 11 is 6.04. The number of amides is 2. The van der Waals surface area contributed by atoms with Gasteiger partial charge in [-0.05, 0) is 6.42 Å². The van der Waals surface area contributed by atoms with E-state index in [9.17, 15) is 9.59 Å². The Labute approximate surface area is 145 Å². The molecule has 8 heteroatoms. The van der Waals surface area contributed by atoms with Crippen LogP contribution in [0.1, 0.15) is 6.42 Å². The van der Waals surface area contributed by atoms with E-state index in [-0.39, 0.29) is 23.7 Å². The van der Waals surface area contributed by atoms with Crippen LogP contribution in [-0.2, 0) is 14.3 Å². The molecule has 0 spiro atoms. The van der Waals surface area contributed by atoms with Gasteiger partial charge in [-0.3, -0.25) is 9.59 Å². The number of ether oxygens (including phenoxy) is 3. The fourth-order valence-electron chi connectivity index (χ4n) is 2.37. The number of nitrogens with one attached hydrogen (secondary N) is 2. The second-order valence-corrected chi connectivity index (χ2v) is 5.82. The zero-order chi connectivity index (χ0) is 17.7. The van der Waals surface area contributed by atoms with Crippen LogP contribution in [0.5, 0.6) is 11.5 Å². The highest BCUT2D eigenvalue weighted by atomic mass is 35.5. The maximum absolute atomic E-state index is 12.3. The monoisotopic (exact) mass is 356 g/mol. The molecule has 2 amide bonds. The van der Waals surface area contributed by atoms with Crippen LogP contribution >= 0.6 is 11.6 Å². The van der Waals surface area contributed by atoms with Gasteiger partial charge in [-0.2, -0.15) is 0 Å². The lowest BCUT2D eigenvalue weighted by atomic mass is 10.2. The van der Waals surface area contributed by atoms with Crippen molar-refractivity contribution in [3.05, 3.63) is 17.2 Å². The van der Waals surface area contributed by atoms with Crippen LogP contribution in [0.25, 0.3) is 0 Å². The van der Waals surface area contributed by atoms with Gasteiger partial charge in [0.2, 0.25) is 11.8 Å². The average molecular weight is 357 g/mol. The average Bonchev–Trinajstić information content (AvgIpc) is 3.37. The molecule has 0 saturated heterocycles. The van der Waals surface area contributed by atoms with Crippen molar-refractivity contribution in [2.45, 2.75) is 6.42 Å². The van der Waals surface area contributed by atoms with Crippen molar-refractivity contribution in [2.75, 3.05) is 39.8 Å². The molecule has 132 valence electrons. The van der Waals surface area contributed by atoms with E-state index < -0.39 is 0 Å². The first kappa shape index (κ1) is 18.4. The van der Waals surface area contributed by atoms with Crippen LogP contribution in [0.15, 0.2) is 12.1 Å². The third-order valence-electron chi connectivity index (χ3n) is 3.80. The Morgan fingerprint density at radius 1 is 1.12 bits per heavy atom. The Hall–Kier alpha value is -1.99. The molecule has 1 aliphatic carbocycles. The van der Waals surface area contributed by atoms with Gasteiger partial charge >= 0.3 is 0 Å². The fourth-order valence-corrected chi connectivity index (χ4v) is 2.60. The molecule has 0 aromatic heterocycles. The summed E-state index contributed by atoms with van der Waals surface area (Å²) in [4.78, 5) is 24.2. The van der Waals surface area contributed by atoms with Crippen LogP contribution < -0.4 is 20.1 Å². The minimum absolute atomic E-state index is 0.132. The summed E-state index contributed by atoms with van der Waals surface area (Å²) in [5.74, 6) is -0.160. The van der Waals surface area contributed by atoms with Crippen LogP contribution in [0.4, 0.5) is 5.69 Å². The van der Waals surface area contributed by atoms with Crippen LogP contribution in [-0.4, -0.2) is 46.3 Å². The quantitative estimate of drug-likeness (QED) is 0.692. The summed E-state index contributed by atoms with van der Waals surface area (Å²) in [6.45, 7) is 0.874. The lowest BCUT2D eigenvalue weighted by molar-refractivity contribution is -0.125. The van der Waals surface area contributed by atoms with E-state index in [1.807, 2.05) is 0 Å². The Balaban J connectivity index is 1.97. The number of benzene rings is 1. The highest BCUT2D eigenvalue weighted by Crippen LogP contribution is 2.41. The number of methoxy groups -OCH3 is 3. The first-order valence-corrected chi connectivity index (χ1v) is 7.88. The molecule has 1 aromatic rings. The largest absolute Gasteiger partial charge is 0.495 e. The first-order chi connectivity index (χ1) is 11.5. The van der Waals surface area contributed by atoms with Crippen molar-refractivity contribution in [2.24, 2.45) is 11.8 Å². The molecule has 1 fully saturated rings. The second-order valence-electron chi connectivity index (χ2n) is 5.41. The van der Waals surface area contributed by atoms with E-state index in [4.69, 9.17) is 25.8 Å². The Morgan fingerprint density at radius 3 is 2.42 bits per heavy atom. The Morgan fingerprint density at radius 2 is 1.79 bits per heavy atom. The number of carbonyl (C=O) groups excluding carboxylic acids is 2. The minimum Gasteiger partial charge on any atom is -0.495 e. The predicted octanol–water partition coefficient (Wildman–Crippen LogP) is 1.69. The molecule has 1 saturated carbocycles. The summed E-state index contributed by atoms with van der Waals surface area (Å²) in [5.41, 5.74) is 0.453. The zero-order valence-electron chi connectivity index (χ0n) is 13.8. The molecule has 2 rings (SSSR count).